The van der Waals surface area contributed by atoms with Crippen LogP contribution < -0.4 is 10.1 Å². The van der Waals surface area contributed by atoms with Gasteiger partial charge in [0.05, 0.1) is 16.8 Å². The second kappa shape index (κ2) is 6.91. The topological polar surface area (TPSA) is 90.1 Å². The molecule has 0 radical (unpaired) electrons. The summed E-state index contributed by atoms with van der Waals surface area (Å²) in [4.78, 5) is 19.9. The van der Waals surface area contributed by atoms with Crippen molar-refractivity contribution < 1.29 is 14.1 Å². The molecule has 1 amide bonds. The zero-order valence-corrected chi connectivity index (χ0v) is 13.3. The lowest BCUT2D eigenvalue weighted by atomic mass is 10.1. The molecular weight excluding hydrogens is 308 g/mol. The molecule has 3 heterocycles. The summed E-state index contributed by atoms with van der Waals surface area (Å²) in [6, 6.07) is 8.88. The van der Waals surface area contributed by atoms with Gasteiger partial charge in [-0.15, -0.1) is 0 Å². The number of pyridine rings is 2. The maximum absolute atomic E-state index is 11.5. The third kappa shape index (κ3) is 3.24. The van der Waals surface area contributed by atoms with Gasteiger partial charge in [-0.1, -0.05) is 11.2 Å². The average Bonchev–Trinajstić information content (AvgIpc) is 3.01. The van der Waals surface area contributed by atoms with Crippen molar-refractivity contribution in [2.24, 2.45) is 0 Å². The number of nitrogens with zero attached hydrogens (tertiary/aromatic N) is 3. The van der Waals surface area contributed by atoms with Gasteiger partial charge in [0, 0.05) is 25.5 Å². The fourth-order valence-corrected chi connectivity index (χ4v) is 2.16. The van der Waals surface area contributed by atoms with Crippen LogP contribution in [0.4, 0.5) is 0 Å². The second-order valence-electron chi connectivity index (χ2n) is 5.03. The van der Waals surface area contributed by atoms with Crippen LogP contribution in [0.15, 0.2) is 47.2 Å². The molecule has 1 N–H and O–H groups in total. The van der Waals surface area contributed by atoms with Crippen molar-refractivity contribution in [3.8, 4) is 17.3 Å². The highest BCUT2D eigenvalue weighted by Gasteiger charge is 2.16. The first-order chi connectivity index (χ1) is 11.7. The second-order valence-corrected chi connectivity index (χ2v) is 5.03. The van der Waals surface area contributed by atoms with E-state index in [-0.39, 0.29) is 12.5 Å². The summed E-state index contributed by atoms with van der Waals surface area (Å²) < 4.78 is 11.0. The number of aromatic nitrogens is 3. The standard InChI is InChI=1S/C17H16N4O3/c1-11-13(16(21-24-11)14-5-3-4-8-19-14)10-23-15-7-6-12(9-20-15)17(22)18-2/h3-9H,10H2,1-2H3,(H,18,22). The van der Waals surface area contributed by atoms with E-state index in [1.54, 1.807) is 25.4 Å². The van der Waals surface area contributed by atoms with Crippen molar-refractivity contribution >= 4 is 5.91 Å². The number of hydrogen-bond donors (Lipinski definition) is 1. The molecule has 24 heavy (non-hydrogen) atoms. The third-order valence-electron chi connectivity index (χ3n) is 3.48. The van der Waals surface area contributed by atoms with Gasteiger partial charge in [-0.3, -0.25) is 9.78 Å². The predicted octanol–water partition coefficient (Wildman–Crippen LogP) is 2.38. The molecule has 7 nitrogen and oxygen atoms in total. The largest absolute Gasteiger partial charge is 0.473 e. The first-order valence-corrected chi connectivity index (χ1v) is 7.36. The van der Waals surface area contributed by atoms with Crippen LogP contribution in [0.25, 0.3) is 11.4 Å². The molecule has 0 aliphatic rings. The number of ether oxygens (including phenoxy) is 1. The number of aryl methyl sites for hydroxylation is 1. The maximum Gasteiger partial charge on any atom is 0.252 e. The van der Waals surface area contributed by atoms with E-state index in [0.29, 0.717) is 22.9 Å². The Morgan fingerprint density at radius 1 is 1.25 bits per heavy atom. The zero-order valence-electron chi connectivity index (χ0n) is 13.3. The lowest BCUT2D eigenvalue weighted by molar-refractivity contribution is 0.0962. The Kier molecular flexibility index (Phi) is 4.51. The lowest BCUT2D eigenvalue weighted by Crippen LogP contribution is -2.17. The van der Waals surface area contributed by atoms with Crippen LogP contribution in [-0.4, -0.2) is 28.1 Å². The normalized spacial score (nSPS) is 10.4. The van der Waals surface area contributed by atoms with Gasteiger partial charge in [-0.05, 0) is 25.1 Å². The van der Waals surface area contributed by atoms with E-state index in [1.165, 1.54) is 6.20 Å². The van der Waals surface area contributed by atoms with Gasteiger partial charge in [-0.25, -0.2) is 4.98 Å². The minimum absolute atomic E-state index is 0.193. The Balaban J connectivity index is 1.76. The minimum atomic E-state index is -0.193. The summed E-state index contributed by atoms with van der Waals surface area (Å²) in [5, 5.41) is 6.60. The van der Waals surface area contributed by atoms with Gasteiger partial charge in [0.2, 0.25) is 5.88 Å². The first-order valence-electron chi connectivity index (χ1n) is 7.36. The molecule has 0 bridgehead atoms. The quantitative estimate of drug-likeness (QED) is 0.775. The highest BCUT2D eigenvalue weighted by molar-refractivity contribution is 5.93. The summed E-state index contributed by atoms with van der Waals surface area (Å²) in [6.45, 7) is 2.06. The van der Waals surface area contributed by atoms with E-state index in [4.69, 9.17) is 9.26 Å². The number of carbonyl (C=O) groups excluding carboxylic acids is 1. The molecular formula is C17H16N4O3. The predicted molar refractivity (Wildman–Crippen MR) is 86.4 cm³/mol. The van der Waals surface area contributed by atoms with Crippen LogP contribution >= 0.6 is 0 Å². The molecule has 3 rings (SSSR count). The van der Waals surface area contributed by atoms with Crippen LogP contribution in [0.3, 0.4) is 0 Å². The molecule has 0 aliphatic heterocycles. The molecule has 7 heteroatoms. The molecule has 0 aliphatic carbocycles. The molecule has 3 aromatic rings. The van der Waals surface area contributed by atoms with E-state index in [0.717, 1.165) is 11.3 Å². The van der Waals surface area contributed by atoms with Crippen molar-refractivity contribution in [2.75, 3.05) is 7.05 Å². The summed E-state index contributed by atoms with van der Waals surface area (Å²) in [5.74, 6) is 0.884. The van der Waals surface area contributed by atoms with Crippen molar-refractivity contribution in [1.29, 1.82) is 0 Å². The molecule has 0 saturated carbocycles. The van der Waals surface area contributed by atoms with Crippen molar-refractivity contribution in [2.45, 2.75) is 13.5 Å². The molecule has 0 saturated heterocycles. The van der Waals surface area contributed by atoms with E-state index >= 15 is 0 Å². The van der Waals surface area contributed by atoms with E-state index < -0.39 is 0 Å². The van der Waals surface area contributed by atoms with E-state index in [1.807, 2.05) is 25.1 Å². The Hall–Kier alpha value is -3.22. The van der Waals surface area contributed by atoms with Gasteiger partial charge in [-0.2, -0.15) is 0 Å². The SMILES string of the molecule is CNC(=O)c1ccc(OCc2c(-c3ccccn3)noc2C)nc1. The molecule has 0 atom stereocenters. The average molecular weight is 324 g/mol. The molecule has 0 fully saturated rings. The highest BCUT2D eigenvalue weighted by atomic mass is 16.5. The van der Waals surface area contributed by atoms with Crippen molar-refractivity contribution in [1.82, 2.24) is 20.4 Å². The molecule has 0 unspecified atom stereocenters. The summed E-state index contributed by atoms with van der Waals surface area (Å²) in [5.41, 5.74) is 2.65. The summed E-state index contributed by atoms with van der Waals surface area (Å²) in [7, 11) is 1.57. The van der Waals surface area contributed by atoms with Crippen LogP contribution in [0.1, 0.15) is 21.7 Å². The Morgan fingerprint density at radius 2 is 2.12 bits per heavy atom. The van der Waals surface area contributed by atoms with E-state index in [2.05, 4.69) is 20.4 Å². The Morgan fingerprint density at radius 3 is 2.79 bits per heavy atom. The highest BCUT2D eigenvalue weighted by Crippen LogP contribution is 2.24. The monoisotopic (exact) mass is 324 g/mol. The van der Waals surface area contributed by atoms with Gasteiger partial charge < -0.3 is 14.6 Å². The van der Waals surface area contributed by atoms with Gasteiger partial charge >= 0.3 is 0 Å². The van der Waals surface area contributed by atoms with Crippen LogP contribution in [0, 0.1) is 6.92 Å². The number of hydrogen-bond acceptors (Lipinski definition) is 6. The Labute approximate surface area is 138 Å². The molecule has 3 aromatic heterocycles. The fourth-order valence-electron chi connectivity index (χ4n) is 2.16. The number of nitrogens with one attached hydrogen (secondary N) is 1. The van der Waals surface area contributed by atoms with Crippen LogP contribution in [0.2, 0.25) is 0 Å². The maximum atomic E-state index is 11.5. The summed E-state index contributed by atoms with van der Waals surface area (Å²) in [6.07, 6.45) is 3.16. The van der Waals surface area contributed by atoms with Crippen molar-refractivity contribution in [3.63, 3.8) is 0 Å². The molecule has 122 valence electrons. The lowest BCUT2D eigenvalue weighted by Gasteiger charge is -2.06. The van der Waals surface area contributed by atoms with Crippen LogP contribution in [0.5, 0.6) is 5.88 Å². The Bertz CT molecular complexity index is 829. The smallest absolute Gasteiger partial charge is 0.252 e. The number of rotatable bonds is 5. The van der Waals surface area contributed by atoms with Gasteiger partial charge in [0.1, 0.15) is 18.1 Å². The third-order valence-corrected chi connectivity index (χ3v) is 3.48. The van der Waals surface area contributed by atoms with Crippen molar-refractivity contribution in [3.05, 3.63) is 59.6 Å². The number of carbonyl (C=O) groups is 1. The fraction of sp³-hybridized carbons (Fsp3) is 0.176. The van der Waals surface area contributed by atoms with E-state index in [9.17, 15) is 4.79 Å². The molecule has 0 spiro atoms. The minimum Gasteiger partial charge on any atom is -0.473 e. The first kappa shape index (κ1) is 15.7. The summed E-state index contributed by atoms with van der Waals surface area (Å²) >= 11 is 0. The van der Waals surface area contributed by atoms with Gasteiger partial charge in [0.15, 0.2) is 0 Å². The zero-order chi connectivity index (χ0) is 16.9. The molecule has 0 aromatic carbocycles. The number of amides is 1. The van der Waals surface area contributed by atoms with Gasteiger partial charge in [0.25, 0.3) is 5.91 Å². The van der Waals surface area contributed by atoms with Crippen LogP contribution in [-0.2, 0) is 6.61 Å².